The van der Waals surface area contributed by atoms with Gasteiger partial charge >= 0.3 is 6.01 Å². The van der Waals surface area contributed by atoms with Gasteiger partial charge in [-0.25, -0.2) is 4.98 Å². The average Bonchev–Trinajstić information content (AvgIpc) is 3.32. The van der Waals surface area contributed by atoms with Gasteiger partial charge in [0.25, 0.3) is 0 Å². The number of aliphatic hydroxyl groups is 1. The molecule has 0 bridgehead atoms. The number of hydrogen-bond donors (Lipinski definition) is 1. The van der Waals surface area contributed by atoms with Crippen molar-refractivity contribution in [3.05, 3.63) is 40.6 Å². The van der Waals surface area contributed by atoms with Crippen molar-refractivity contribution in [1.82, 2.24) is 14.9 Å². The molecule has 1 aliphatic heterocycles. The molecule has 0 unspecified atom stereocenters. The zero-order valence-electron chi connectivity index (χ0n) is 19.9. The van der Waals surface area contributed by atoms with Crippen molar-refractivity contribution in [3.63, 3.8) is 0 Å². The van der Waals surface area contributed by atoms with Crippen LogP contribution < -0.4 is 14.2 Å². The molecule has 0 radical (unpaired) electrons. The SMILES string of the molecule is CCOc1ncc([C@]2(O)CC[C@H]3CN(Cc4ccc(OC)c(C)c4C)C[C@H]32)c(OCC)n1. The molecule has 1 aromatic heterocycles. The summed E-state index contributed by atoms with van der Waals surface area (Å²) in [5, 5.41) is 11.9. The number of likely N-dealkylation sites (tertiary alicyclic amines) is 1. The van der Waals surface area contributed by atoms with Crippen LogP contribution in [-0.4, -0.2) is 53.4 Å². The fourth-order valence-electron chi connectivity index (χ4n) is 5.43. The molecule has 1 aliphatic carbocycles. The van der Waals surface area contributed by atoms with Crippen molar-refractivity contribution in [3.8, 4) is 17.6 Å². The van der Waals surface area contributed by atoms with Crippen LogP contribution in [0.2, 0.25) is 0 Å². The van der Waals surface area contributed by atoms with Gasteiger partial charge in [-0.05, 0) is 69.2 Å². The lowest BCUT2D eigenvalue weighted by atomic mass is 9.83. The third-order valence-electron chi connectivity index (χ3n) is 7.24. The molecule has 7 nitrogen and oxygen atoms in total. The number of methoxy groups -OCH3 is 1. The summed E-state index contributed by atoms with van der Waals surface area (Å²) in [6, 6.07) is 4.50. The molecule has 2 aliphatic rings. The van der Waals surface area contributed by atoms with Gasteiger partial charge in [0, 0.05) is 31.7 Å². The Morgan fingerprint density at radius 2 is 1.91 bits per heavy atom. The summed E-state index contributed by atoms with van der Waals surface area (Å²) < 4.78 is 16.7. The first-order valence-corrected chi connectivity index (χ1v) is 11.6. The molecule has 7 heteroatoms. The van der Waals surface area contributed by atoms with Crippen LogP contribution in [0.5, 0.6) is 17.6 Å². The van der Waals surface area contributed by atoms with E-state index in [-0.39, 0.29) is 11.9 Å². The minimum Gasteiger partial charge on any atom is -0.496 e. The Hall–Kier alpha value is -2.38. The summed E-state index contributed by atoms with van der Waals surface area (Å²) in [6.07, 6.45) is 3.39. The largest absolute Gasteiger partial charge is 0.496 e. The Balaban J connectivity index is 1.56. The van der Waals surface area contributed by atoms with E-state index in [9.17, 15) is 5.11 Å². The molecule has 1 aromatic carbocycles. The van der Waals surface area contributed by atoms with Gasteiger partial charge in [0.15, 0.2) is 0 Å². The molecule has 32 heavy (non-hydrogen) atoms. The molecular formula is C25H35N3O4. The summed E-state index contributed by atoms with van der Waals surface area (Å²) in [7, 11) is 1.71. The number of hydrogen-bond acceptors (Lipinski definition) is 7. The van der Waals surface area contributed by atoms with Crippen molar-refractivity contribution >= 4 is 0 Å². The fraction of sp³-hybridized carbons (Fsp3) is 0.600. The topological polar surface area (TPSA) is 76.9 Å². The van der Waals surface area contributed by atoms with E-state index in [1.54, 1.807) is 13.3 Å². The minimum absolute atomic E-state index is 0.128. The number of fused-ring (bicyclic) bond motifs is 1. The maximum absolute atomic E-state index is 11.9. The maximum Gasteiger partial charge on any atom is 0.319 e. The van der Waals surface area contributed by atoms with Crippen molar-refractivity contribution in [2.24, 2.45) is 11.8 Å². The second kappa shape index (κ2) is 9.24. The van der Waals surface area contributed by atoms with Gasteiger partial charge in [-0.3, -0.25) is 4.90 Å². The van der Waals surface area contributed by atoms with Crippen LogP contribution in [-0.2, 0) is 12.1 Å². The molecule has 1 N–H and O–H groups in total. The summed E-state index contributed by atoms with van der Waals surface area (Å²) in [5.74, 6) is 1.94. The molecule has 1 saturated carbocycles. The average molecular weight is 442 g/mol. The van der Waals surface area contributed by atoms with Crippen LogP contribution in [0.1, 0.15) is 48.9 Å². The molecule has 0 amide bonds. The van der Waals surface area contributed by atoms with Crippen molar-refractivity contribution in [2.45, 2.75) is 52.7 Å². The van der Waals surface area contributed by atoms with Gasteiger partial charge in [-0.2, -0.15) is 4.98 Å². The number of benzene rings is 1. The molecule has 174 valence electrons. The predicted octanol–water partition coefficient (Wildman–Crippen LogP) is 3.63. The molecule has 4 rings (SSSR count). The first kappa shape index (κ1) is 22.8. The monoisotopic (exact) mass is 441 g/mol. The Morgan fingerprint density at radius 1 is 1.12 bits per heavy atom. The summed E-state index contributed by atoms with van der Waals surface area (Å²) in [4.78, 5) is 11.2. The highest BCUT2D eigenvalue weighted by Gasteiger charge is 2.54. The summed E-state index contributed by atoms with van der Waals surface area (Å²) in [5.41, 5.74) is 3.48. The fourth-order valence-corrected chi connectivity index (χ4v) is 5.43. The van der Waals surface area contributed by atoms with Crippen molar-refractivity contribution in [2.75, 3.05) is 33.4 Å². The van der Waals surface area contributed by atoms with E-state index < -0.39 is 5.60 Å². The van der Waals surface area contributed by atoms with Gasteiger partial charge in [-0.15, -0.1) is 0 Å². The summed E-state index contributed by atoms with van der Waals surface area (Å²) in [6.45, 7) is 11.7. The second-order valence-electron chi connectivity index (χ2n) is 8.94. The number of ether oxygens (including phenoxy) is 3. The number of aromatic nitrogens is 2. The Bertz CT molecular complexity index is 966. The summed E-state index contributed by atoms with van der Waals surface area (Å²) >= 11 is 0. The van der Waals surface area contributed by atoms with Crippen molar-refractivity contribution in [1.29, 1.82) is 0 Å². The third kappa shape index (κ3) is 4.04. The van der Waals surface area contributed by atoms with E-state index in [0.29, 0.717) is 37.0 Å². The van der Waals surface area contributed by atoms with E-state index in [0.717, 1.165) is 31.8 Å². The zero-order chi connectivity index (χ0) is 22.9. The van der Waals surface area contributed by atoms with Gasteiger partial charge in [0.1, 0.15) is 11.4 Å². The smallest absolute Gasteiger partial charge is 0.319 e. The number of rotatable bonds is 8. The second-order valence-corrected chi connectivity index (χ2v) is 8.94. The van der Waals surface area contributed by atoms with Crippen LogP contribution in [0.3, 0.4) is 0 Å². The van der Waals surface area contributed by atoms with Gasteiger partial charge in [0.2, 0.25) is 5.88 Å². The predicted molar refractivity (Wildman–Crippen MR) is 122 cm³/mol. The highest BCUT2D eigenvalue weighted by Crippen LogP contribution is 2.52. The Kier molecular flexibility index (Phi) is 6.58. The molecule has 2 aromatic rings. The van der Waals surface area contributed by atoms with Gasteiger partial charge in [0.05, 0.1) is 25.9 Å². The lowest BCUT2D eigenvalue weighted by molar-refractivity contribution is -0.0101. The van der Waals surface area contributed by atoms with E-state index in [4.69, 9.17) is 14.2 Å². The van der Waals surface area contributed by atoms with Crippen LogP contribution in [0, 0.1) is 25.7 Å². The van der Waals surface area contributed by atoms with Crippen molar-refractivity contribution < 1.29 is 19.3 Å². The van der Waals surface area contributed by atoms with E-state index in [2.05, 4.69) is 40.8 Å². The molecule has 1 saturated heterocycles. The molecular weight excluding hydrogens is 406 g/mol. The standard InChI is InChI=1S/C25H35N3O4/c1-6-31-23-20(12-26-24(27-23)32-7-2)25(29)11-10-19-14-28(15-21(19)25)13-18-8-9-22(30-5)17(4)16(18)3/h8-9,12,19,21,29H,6-7,10-11,13-15H2,1-5H3/t19-,21+,25+/m0/s1. The van der Waals surface area contributed by atoms with E-state index in [1.165, 1.54) is 16.7 Å². The van der Waals surface area contributed by atoms with E-state index >= 15 is 0 Å². The van der Waals surface area contributed by atoms with Crippen LogP contribution in [0.15, 0.2) is 18.3 Å². The normalized spacial score (nSPS) is 25.1. The lowest BCUT2D eigenvalue weighted by Gasteiger charge is -2.31. The third-order valence-corrected chi connectivity index (χ3v) is 7.24. The first-order chi connectivity index (χ1) is 15.4. The quantitative estimate of drug-likeness (QED) is 0.670. The van der Waals surface area contributed by atoms with Gasteiger partial charge < -0.3 is 19.3 Å². The number of nitrogens with zero attached hydrogens (tertiary/aromatic N) is 3. The zero-order valence-corrected chi connectivity index (χ0v) is 19.9. The highest BCUT2D eigenvalue weighted by molar-refractivity contribution is 5.43. The molecule has 2 heterocycles. The minimum atomic E-state index is -0.987. The van der Waals surface area contributed by atoms with Crippen LogP contribution >= 0.6 is 0 Å². The Labute approximate surface area is 190 Å². The lowest BCUT2D eigenvalue weighted by Crippen LogP contribution is -2.35. The molecule has 0 spiro atoms. The maximum atomic E-state index is 11.9. The molecule has 2 fully saturated rings. The highest BCUT2D eigenvalue weighted by atomic mass is 16.5. The van der Waals surface area contributed by atoms with Crippen LogP contribution in [0.25, 0.3) is 0 Å². The van der Waals surface area contributed by atoms with Gasteiger partial charge in [-0.1, -0.05) is 6.07 Å². The van der Waals surface area contributed by atoms with Crippen LogP contribution in [0.4, 0.5) is 0 Å². The van der Waals surface area contributed by atoms with E-state index in [1.807, 2.05) is 13.8 Å². The molecule has 3 atom stereocenters. The Morgan fingerprint density at radius 3 is 2.62 bits per heavy atom. The first-order valence-electron chi connectivity index (χ1n) is 11.6.